The Balaban J connectivity index is 2.47. The first kappa shape index (κ1) is 27.4. The van der Waals surface area contributed by atoms with Crippen molar-refractivity contribution in [2.75, 3.05) is 23.7 Å². The van der Waals surface area contributed by atoms with Gasteiger partial charge in [-0.2, -0.15) is 0 Å². The molecule has 0 aromatic heterocycles. The van der Waals surface area contributed by atoms with Crippen LogP contribution in [0.4, 0.5) is 5.69 Å². The summed E-state index contributed by atoms with van der Waals surface area (Å²) in [5.74, 6) is -0.657. The van der Waals surface area contributed by atoms with Crippen molar-refractivity contribution >= 4 is 27.5 Å². The second-order valence-corrected chi connectivity index (χ2v) is 10.6. The van der Waals surface area contributed by atoms with Crippen molar-refractivity contribution in [3.05, 3.63) is 64.7 Å². The molecule has 8 heteroatoms. The molecule has 2 aromatic rings. The summed E-state index contributed by atoms with van der Waals surface area (Å²) in [4.78, 5) is 28.2. The van der Waals surface area contributed by atoms with Crippen molar-refractivity contribution in [1.82, 2.24) is 10.2 Å². The number of carbonyl (C=O) groups is 2. The van der Waals surface area contributed by atoms with Gasteiger partial charge in [0.05, 0.1) is 11.9 Å². The minimum absolute atomic E-state index is 0.216. The molecule has 1 atom stereocenters. The molecule has 0 aliphatic heterocycles. The van der Waals surface area contributed by atoms with Gasteiger partial charge in [0, 0.05) is 13.1 Å². The number of rotatable bonds is 11. The average molecular weight is 488 g/mol. The van der Waals surface area contributed by atoms with Gasteiger partial charge in [-0.1, -0.05) is 55.8 Å². The van der Waals surface area contributed by atoms with Gasteiger partial charge < -0.3 is 10.2 Å². The first-order chi connectivity index (χ1) is 16.0. The number of carbonyl (C=O) groups excluding carboxylic acids is 2. The van der Waals surface area contributed by atoms with Gasteiger partial charge in [-0.05, 0) is 56.4 Å². The van der Waals surface area contributed by atoms with E-state index in [2.05, 4.69) is 5.32 Å². The molecule has 34 heavy (non-hydrogen) atoms. The quantitative estimate of drug-likeness (QED) is 0.523. The first-order valence-corrected chi connectivity index (χ1v) is 13.5. The van der Waals surface area contributed by atoms with Crippen LogP contribution in [0.5, 0.6) is 0 Å². The Morgan fingerprint density at radius 3 is 2.24 bits per heavy atom. The fourth-order valence-electron chi connectivity index (χ4n) is 3.94. The molecule has 0 aliphatic rings. The fraction of sp³-hybridized carbons (Fsp3) is 0.462. The maximum Gasteiger partial charge on any atom is 0.244 e. The molecule has 0 aliphatic carbocycles. The Bertz CT molecular complexity index is 1110. The largest absolute Gasteiger partial charge is 0.354 e. The zero-order chi connectivity index (χ0) is 25.5. The Hall–Kier alpha value is -2.87. The summed E-state index contributed by atoms with van der Waals surface area (Å²) in [6, 6.07) is 12.4. The number of aryl methyl sites for hydroxylation is 3. The Labute approximate surface area is 204 Å². The van der Waals surface area contributed by atoms with Crippen LogP contribution < -0.4 is 9.62 Å². The first-order valence-electron chi connectivity index (χ1n) is 11.7. The van der Waals surface area contributed by atoms with Crippen LogP contribution in [0.25, 0.3) is 0 Å². The minimum Gasteiger partial charge on any atom is -0.354 e. The molecule has 0 fully saturated rings. The smallest absolute Gasteiger partial charge is 0.244 e. The van der Waals surface area contributed by atoms with E-state index in [-0.39, 0.29) is 19.0 Å². The molecule has 1 N–H and O–H groups in total. The number of anilines is 1. The summed E-state index contributed by atoms with van der Waals surface area (Å²) in [5.41, 5.74) is 4.13. The SMILES string of the molecule is CCCNC(=O)C(CC)N(Cc1ccccc1C)C(=O)CN(c1ccc(C)cc1C)S(C)(=O)=O. The van der Waals surface area contributed by atoms with Gasteiger partial charge in [-0.25, -0.2) is 8.42 Å². The third-order valence-corrected chi connectivity index (χ3v) is 6.96. The molecule has 0 radical (unpaired) electrons. The maximum absolute atomic E-state index is 13.7. The van der Waals surface area contributed by atoms with E-state index >= 15 is 0 Å². The van der Waals surface area contributed by atoms with Gasteiger partial charge in [-0.15, -0.1) is 0 Å². The highest BCUT2D eigenvalue weighted by Crippen LogP contribution is 2.24. The molecule has 7 nitrogen and oxygen atoms in total. The van der Waals surface area contributed by atoms with Gasteiger partial charge in [0.2, 0.25) is 21.8 Å². The lowest BCUT2D eigenvalue weighted by atomic mass is 10.1. The van der Waals surface area contributed by atoms with Gasteiger partial charge >= 0.3 is 0 Å². The predicted molar refractivity (Wildman–Crippen MR) is 137 cm³/mol. The average Bonchev–Trinajstić information content (AvgIpc) is 2.76. The summed E-state index contributed by atoms with van der Waals surface area (Å²) in [6.07, 6.45) is 2.29. The molecule has 0 spiro atoms. The second-order valence-electron chi connectivity index (χ2n) is 8.72. The monoisotopic (exact) mass is 487 g/mol. The summed E-state index contributed by atoms with van der Waals surface area (Å²) < 4.78 is 26.6. The number of nitrogens with one attached hydrogen (secondary N) is 1. The minimum atomic E-state index is -3.74. The molecular formula is C26H37N3O4S. The summed E-state index contributed by atoms with van der Waals surface area (Å²) in [5, 5.41) is 2.89. The van der Waals surface area contributed by atoms with E-state index in [1.54, 1.807) is 6.07 Å². The number of sulfonamides is 1. The lowest BCUT2D eigenvalue weighted by molar-refractivity contribution is -0.140. The normalized spacial score (nSPS) is 12.2. The highest BCUT2D eigenvalue weighted by atomic mass is 32.2. The van der Waals surface area contributed by atoms with E-state index < -0.39 is 22.0 Å². The topological polar surface area (TPSA) is 86.8 Å². The summed E-state index contributed by atoms with van der Waals surface area (Å²) >= 11 is 0. The standard InChI is InChI=1S/C26H37N3O4S/c1-7-15-27-26(31)23(8-2)28(17-22-12-10-9-11-20(22)4)25(30)18-29(34(6,32)33)24-14-13-19(3)16-21(24)5/h9-14,16,23H,7-8,15,17-18H2,1-6H3,(H,27,31). The Morgan fingerprint density at radius 2 is 1.68 bits per heavy atom. The zero-order valence-corrected chi connectivity index (χ0v) is 21.9. The third-order valence-electron chi connectivity index (χ3n) is 5.84. The molecule has 0 heterocycles. The van der Waals surface area contributed by atoms with Crippen LogP contribution in [-0.4, -0.2) is 50.5 Å². The van der Waals surface area contributed by atoms with Crippen molar-refractivity contribution < 1.29 is 18.0 Å². The summed E-state index contributed by atoms with van der Waals surface area (Å²) in [6.45, 7) is 9.87. The number of benzene rings is 2. The third kappa shape index (κ3) is 7.06. The summed E-state index contributed by atoms with van der Waals surface area (Å²) in [7, 11) is -3.74. The van der Waals surface area contributed by atoms with Gasteiger partial charge in [0.25, 0.3) is 0 Å². The fourth-order valence-corrected chi connectivity index (χ4v) is 4.84. The van der Waals surface area contributed by atoms with Crippen LogP contribution in [0.3, 0.4) is 0 Å². The highest BCUT2D eigenvalue weighted by Gasteiger charge is 2.32. The van der Waals surface area contributed by atoms with Crippen LogP contribution in [0.1, 0.15) is 48.9 Å². The highest BCUT2D eigenvalue weighted by molar-refractivity contribution is 7.92. The number of hydrogen-bond acceptors (Lipinski definition) is 4. The van der Waals surface area contributed by atoms with E-state index in [0.717, 1.165) is 39.2 Å². The molecule has 2 amide bonds. The van der Waals surface area contributed by atoms with Gasteiger partial charge in [-0.3, -0.25) is 13.9 Å². The zero-order valence-electron chi connectivity index (χ0n) is 21.1. The van der Waals surface area contributed by atoms with Crippen LogP contribution in [0, 0.1) is 20.8 Å². The lowest BCUT2D eigenvalue weighted by Crippen LogP contribution is -2.52. The number of hydrogen-bond donors (Lipinski definition) is 1. The maximum atomic E-state index is 13.7. The molecule has 186 valence electrons. The van der Waals surface area contributed by atoms with Crippen LogP contribution in [0.15, 0.2) is 42.5 Å². The van der Waals surface area contributed by atoms with Crippen LogP contribution >= 0.6 is 0 Å². The van der Waals surface area contributed by atoms with E-state index in [4.69, 9.17) is 0 Å². The van der Waals surface area contributed by atoms with E-state index in [1.165, 1.54) is 4.90 Å². The molecule has 0 bridgehead atoms. The Morgan fingerprint density at radius 1 is 1.00 bits per heavy atom. The molecule has 1 unspecified atom stereocenters. The number of nitrogens with zero attached hydrogens (tertiary/aromatic N) is 2. The van der Waals surface area contributed by atoms with Gasteiger partial charge in [0.15, 0.2) is 0 Å². The molecule has 2 aromatic carbocycles. The number of amides is 2. The molecule has 0 saturated heterocycles. The van der Waals surface area contributed by atoms with E-state index in [0.29, 0.717) is 18.7 Å². The predicted octanol–water partition coefficient (Wildman–Crippen LogP) is 3.71. The lowest BCUT2D eigenvalue weighted by Gasteiger charge is -2.33. The molecule has 2 rings (SSSR count). The molecule has 0 saturated carbocycles. The van der Waals surface area contributed by atoms with Crippen molar-refractivity contribution in [2.24, 2.45) is 0 Å². The van der Waals surface area contributed by atoms with Crippen molar-refractivity contribution in [2.45, 2.75) is 60.0 Å². The molecular weight excluding hydrogens is 450 g/mol. The van der Waals surface area contributed by atoms with Crippen molar-refractivity contribution in [3.8, 4) is 0 Å². The van der Waals surface area contributed by atoms with Gasteiger partial charge in [0.1, 0.15) is 12.6 Å². The van der Waals surface area contributed by atoms with Crippen LogP contribution in [-0.2, 0) is 26.2 Å². The van der Waals surface area contributed by atoms with E-state index in [9.17, 15) is 18.0 Å². The van der Waals surface area contributed by atoms with Crippen molar-refractivity contribution in [3.63, 3.8) is 0 Å². The van der Waals surface area contributed by atoms with E-state index in [1.807, 2.05) is 71.0 Å². The van der Waals surface area contributed by atoms with Crippen LogP contribution in [0.2, 0.25) is 0 Å². The Kier molecular flexibility index (Phi) is 9.67. The second kappa shape index (κ2) is 12.0. The van der Waals surface area contributed by atoms with Crippen molar-refractivity contribution in [1.29, 1.82) is 0 Å².